The molecular formula is C13H14BrF2NOS. The third kappa shape index (κ3) is 3.28. The Morgan fingerprint density at radius 2 is 2.11 bits per heavy atom. The molecular weight excluding hydrogens is 336 g/mol. The molecule has 1 unspecified atom stereocenters. The van der Waals surface area contributed by atoms with Crippen LogP contribution in [0.15, 0.2) is 16.6 Å². The van der Waals surface area contributed by atoms with E-state index in [1.165, 1.54) is 0 Å². The fourth-order valence-electron chi connectivity index (χ4n) is 2.06. The normalized spacial score (nSPS) is 19.6. The molecule has 1 aromatic carbocycles. The van der Waals surface area contributed by atoms with Crippen molar-refractivity contribution in [2.45, 2.75) is 18.6 Å². The zero-order valence-corrected chi connectivity index (χ0v) is 12.9. The second-order valence-electron chi connectivity index (χ2n) is 4.40. The average molecular weight is 350 g/mol. The zero-order chi connectivity index (χ0) is 14.0. The summed E-state index contributed by atoms with van der Waals surface area (Å²) in [5.74, 6) is -1.38. The molecule has 1 heterocycles. The summed E-state index contributed by atoms with van der Waals surface area (Å²) in [6.07, 6.45) is 0.944. The van der Waals surface area contributed by atoms with Crippen LogP contribution in [0.3, 0.4) is 0 Å². The maximum atomic E-state index is 13.8. The van der Waals surface area contributed by atoms with Crippen LogP contribution in [0.25, 0.3) is 0 Å². The first kappa shape index (κ1) is 14.8. The zero-order valence-electron chi connectivity index (χ0n) is 10.5. The van der Waals surface area contributed by atoms with Crippen molar-refractivity contribution in [2.24, 2.45) is 0 Å². The van der Waals surface area contributed by atoms with E-state index in [1.54, 1.807) is 16.7 Å². The summed E-state index contributed by atoms with van der Waals surface area (Å²) in [5, 5.41) is 0.347. The fourth-order valence-corrected chi connectivity index (χ4v) is 3.64. The van der Waals surface area contributed by atoms with E-state index in [4.69, 9.17) is 0 Å². The second kappa shape index (κ2) is 6.22. The molecule has 1 saturated heterocycles. The predicted octanol–water partition coefficient (Wildman–Crippen LogP) is 3.69. The molecule has 1 atom stereocenters. The van der Waals surface area contributed by atoms with E-state index in [0.29, 0.717) is 22.8 Å². The lowest BCUT2D eigenvalue weighted by Crippen LogP contribution is -2.42. The average Bonchev–Trinajstić information content (AvgIpc) is 2.37. The van der Waals surface area contributed by atoms with Crippen molar-refractivity contribution in [1.29, 1.82) is 0 Å². The Morgan fingerprint density at radius 1 is 1.47 bits per heavy atom. The maximum Gasteiger partial charge on any atom is 0.259 e. The van der Waals surface area contributed by atoms with E-state index in [9.17, 15) is 13.6 Å². The van der Waals surface area contributed by atoms with Gasteiger partial charge in [0.25, 0.3) is 5.91 Å². The standard InChI is InChI=1S/C13H14BrF2NOS/c1-2-9-7-17(3-4-19-9)13(18)12-10(15)5-8(14)6-11(12)16/h5-6,9H,2-4,7H2,1H3. The molecule has 0 saturated carbocycles. The highest BCUT2D eigenvalue weighted by atomic mass is 79.9. The van der Waals surface area contributed by atoms with Gasteiger partial charge in [0.15, 0.2) is 0 Å². The van der Waals surface area contributed by atoms with Gasteiger partial charge in [0.05, 0.1) is 0 Å². The summed E-state index contributed by atoms with van der Waals surface area (Å²) in [5.41, 5.74) is -0.454. The molecule has 2 rings (SSSR count). The van der Waals surface area contributed by atoms with Gasteiger partial charge in [-0.2, -0.15) is 11.8 Å². The second-order valence-corrected chi connectivity index (χ2v) is 6.72. The Bertz CT molecular complexity index is 475. The highest BCUT2D eigenvalue weighted by molar-refractivity contribution is 9.10. The van der Waals surface area contributed by atoms with Gasteiger partial charge >= 0.3 is 0 Å². The summed E-state index contributed by atoms with van der Waals surface area (Å²) in [6, 6.07) is 2.23. The van der Waals surface area contributed by atoms with Gasteiger partial charge in [0.2, 0.25) is 0 Å². The van der Waals surface area contributed by atoms with Gasteiger partial charge in [-0.15, -0.1) is 0 Å². The monoisotopic (exact) mass is 349 g/mol. The van der Waals surface area contributed by atoms with Crippen LogP contribution in [-0.4, -0.2) is 34.9 Å². The summed E-state index contributed by atoms with van der Waals surface area (Å²) < 4.78 is 27.8. The predicted molar refractivity (Wildman–Crippen MR) is 76.5 cm³/mol. The molecule has 6 heteroatoms. The minimum atomic E-state index is -0.817. The molecule has 1 aliphatic heterocycles. The van der Waals surface area contributed by atoms with Crippen LogP contribution in [0, 0.1) is 11.6 Å². The molecule has 0 bridgehead atoms. The molecule has 0 spiro atoms. The van der Waals surface area contributed by atoms with Gasteiger partial charge < -0.3 is 4.90 Å². The van der Waals surface area contributed by atoms with Crippen molar-refractivity contribution >= 4 is 33.6 Å². The largest absolute Gasteiger partial charge is 0.337 e. The molecule has 1 fully saturated rings. The van der Waals surface area contributed by atoms with Crippen molar-refractivity contribution in [3.8, 4) is 0 Å². The highest BCUT2D eigenvalue weighted by Gasteiger charge is 2.28. The number of carbonyl (C=O) groups excluding carboxylic acids is 1. The Kier molecular flexibility index (Phi) is 4.84. The first-order chi connectivity index (χ1) is 9.02. The number of nitrogens with zero attached hydrogens (tertiary/aromatic N) is 1. The Morgan fingerprint density at radius 3 is 2.68 bits per heavy atom. The summed E-state index contributed by atoms with van der Waals surface area (Å²) >= 11 is 4.81. The van der Waals surface area contributed by atoms with E-state index in [1.807, 2.05) is 6.92 Å². The lowest BCUT2D eigenvalue weighted by molar-refractivity contribution is 0.0751. The van der Waals surface area contributed by atoms with Gasteiger partial charge in [0.1, 0.15) is 17.2 Å². The molecule has 1 aromatic rings. The van der Waals surface area contributed by atoms with Gasteiger partial charge in [-0.25, -0.2) is 8.78 Å². The van der Waals surface area contributed by atoms with Crippen LogP contribution in [0.5, 0.6) is 0 Å². The molecule has 19 heavy (non-hydrogen) atoms. The van der Waals surface area contributed by atoms with E-state index >= 15 is 0 Å². The molecule has 0 N–H and O–H groups in total. The van der Waals surface area contributed by atoms with E-state index in [2.05, 4.69) is 15.9 Å². The molecule has 1 aliphatic rings. The molecule has 0 radical (unpaired) electrons. The molecule has 0 aliphatic carbocycles. The quantitative estimate of drug-likeness (QED) is 0.811. The van der Waals surface area contributed by atoms with Crippen molar-refractivity contribution in [3.05, 3.63) is 33.8 Å². The van der Waals surface area contributed by atoms with Gasteiger partial charge in [-0.3, -0.25) is 4.79 Å². The molecule has 104 valence electrons. The number of rotatable bonds is 2. The van der Waals surface area contributed by atoms with Crippen molar-refractivity contribution < 1.29 is 13.6 Å². The van der Waals surface area contributed by atoms with E-state index in [-0.39, 0.29) is 0 Å². The number of halogens is 3. The summed E-state index contributed by atoms with van der Waals surface area (Å²) in [4.78, 5) is 13.8. The Balaban J connectivity index is 2.24. The minimum Gasteiger partial charge on any atom is -0.337 e. The number of amides is 1. The van der Waals surface area contributed by atoms with Crippen LogP contribution < -0.4 is 0 Å². The van der Waals surface area contributed by atoms with Crippen molar-refractivity contribution in [3.63, 3.8) is 0 Å². The minimum absolute atomic E-state index is 0.291. The van der Waals surface area contributed by atoms with Crippen molar-refractivity contribution in [1.82, 2.24) is 4.90 Å². The van der Waals surface area contributed by atoms with Gasteiger partial charge in [-0.05, 0) is 18.6 Å². The third-order valence-electron chi connectivity index (χ3n) is 3.10. The van der Waals surface area contributed by atoms with E-state index in [0.717, 1.165) is 24.3 Å². The molecule has 2 nitrogen and oxygen atoms in total. The molecule has 1 amide bonds. The number of thioether (sulfide) groups is 1. The van der Waals surface area contributed by atoms with Crippen LogP contribution in [0.2, 0.25) is 0 Å². The van der Waals surface area contributed by atoms with Crippen LogP contribution in [0.1, 0.15) is 23.7 Å². The van der Waals surface area contributed by atoms with Crippen LogP contribution >= 0.6 is 27.7 Å². The van der Waals surface area contributed by atoms with Crippen LogP contribution in [0.4, 0.5) is 8.78 Å². The third-order valence-corrected chi connectivity index (χ3v) is 4.93. The Labute approximate surface area is 123 Å². The van der Waals surface area contributed by atoms with Crippen molar-refractivity contribution in [2.75, 3.05) is 18.8 Å². The van der Waals surface area contributed by atoms with Gasteiger partial charge in [-0.1, -0.05) is 22.9 Å². The smallest absolute Gasteiger partial charge is 0.259 e. The Hall–Kier alpha value is -0.620. The topological polar surface area (TPSA) is 20.3 Å². The maximum absolute atomic E-state index is 13.8. The summed E-state index contributed by atoms with van der Waals surface area (Å²) in [6.45, 7) is 3.14. The first-order valence-corrected chi connectivity index (χ1v) is 7.92. The highest BCUT2D eigenvalue weighted by Crippen LogP contribution is 2.25. The number of benzene rings is 1. The van der Waals surface area contributed by atoms with E-state index < -0.39 is 23.1 Å². The fraction of sp³-hybridized carbons (Fsp3) is 0.462. The number of hydrogen-bond donors (Lipinski definition) is 0. The molecule has 0 aromatic heterocycles. The lowest BCUT2D eigenvalue weighted by Gasteiger charge is -2.32. The first-order valence-electron chi connectivity index (χ1n) is 6.08. The lowest BCUT2D eigenvalue weighted by atomic mass is 10.1. The number of carbonyl (C=O) groups is 1. The SMILES string of the molecule is CCC1CN(C(=O)c2c(F)cc(Br)cc2F)CCS1. The van der Waals surface area contributed by atoms with Crippen LogP contribution in [-0.2, 0) is 0 Å². The number of hydrogen-bond acceptors (Lipinski definition) is 2. The summed E-state index contributed by atoms with van der Waals surface area (Å²) in [7, 11) is 0. The van der Waals surface area contributed by atoms with Gasteiger partial charge in [0, 0.05) is 28.6 Å².